The van der Waals surface area contributed by atoms with Crippen molar-refractivity contribution in [2.45, 2.75) is 44.4 Å². The Balaban J connectivity index is 0.000000189. The van der Waals surface area contributed by atoms with Crippen LogP contribution in [0.25, 0.3) is 10.8 Å². The van der Waals surface area contributed by atoms with Crippen LogP contribution in [0, 0.1) is 12.0 Å². The van der Waals surface area contributed by atoms with E-state index in [4.69, 9.17) is 0 Å². The molecule has 0 radical (unpaired) electrons. The van der Waals surface area contributed by atoms with Crippen molar-refractivity contribution in [3.8, 4) is 0 Å². The van der Waals surface area contributed by atoms with E-state index in [9.17, 15) is 0 Å². The zero-order valence-electron chi connectivity index (χ0n) is 15.6. The number of allylic oxidation sites excluding steroid dienone is 4. The molecule has 0 fully saturated rings. The Morgan fingerprint density at radius 3 is 2.08 bits per heavy atom. The molecule has 2 aromatic rings. The van der Waals surface area contributed by atoms with E-state index in [1.807, 2.05) is 0 Å². The Morgan fingerprint density at radius 2 is 1.65 bits per heavy atom. The van der Waals surface area contributed by atoms with Gasteiger partial charge in [0.25, 0.3) is 0 Å². The van der Waals surface area contributed by atoms with Gasteiger partial charge in [-0.05, 0) is 0 Å². The molecule has 2 heterocycles. The van der Waals surface area contributed by atoms with Crippen LogP contribution in [-0.2, 0) is 20.5 Å². The fourth-order valence-electron chi connectivity index (χ4n) is 3.24. The number of halogens is 2. The molecule has 0 spiro atoms. The summed E-state index contributed by atoms with van der Waals surface area (Å²) in [7, 11) is 0. The molecule has 5 rings (SSSR count). The van der Waals surface area contributed by atoms with Crippen LogP contribution in [0.1, 0.15) is 20.3 Å². The van der Waals surface area contributed by atoms with Crippen molar-refractivity contribution in [3.63, 3.8) is 0 Å². The van der Waals surface area contributed by atoms with Crippen molar-refractivity contribution in [3.05, 3.63) is 66.3 Å². The van der Waals surface area contributed by atoms with E-state index in [1.165, 1.54) is 16.3 Å². The van der Waals surface area contributed by atoms with E-state index in [2.05, 4.69) is 74.5 Å². The number of hydrogen-bond acceptors (Lipinski definition) is 0. The summed E-state index contributed by atoms with van der Waals surface area (Å²) in [6.45, 7) is 4.41. The molecular weight excluding hydrogens is 471 g/mol. The maximum Gasteiger partial charge on any atom is -0.0742 e. The molecule has 2 aliphatic heterocycles. The third-order valence-electron chi connectivity index (χ3n) is 4.75. The largest absolute Gasteiger partial charge is 1.00 e. The first-order valence-corrected chi connectivity index (χ1v) is 20.3. The van der Waals surface area contributed by atoms with Gasteiger partial charge >= 0.3 is 55.5 Å². The topological polar surface area (TPSA) is 0 Å². The first kappa shape index (κ1) is 24.2. The fourth-order valence-corrected chi connectivity index (χ4v) is 45.8. The predicted molar refractivity (Wildman–Crippen MR) is 106 cm³/mol. The molecule has 26 heavy (non-hydrogen) atoms. The fraction of sp³-hybridized carbons (Fsp3) is 0.381. The maximum atomic E-state index is 3.14. The van der Waals surface area contributed by atoms with Crippen LogP contribution in [0.15, 0.2) is 60.2 Å². The van der Waals surface area contributed by atoms with Crippen molar-refractivity contribution in [1.82, 2.24) is 0 Å². The van der Waals surface area contributed by atoms with Gasteiger partial charge < -0.3 is 24.8 Å². The average molecular weight is 497 g/mol. The average Bonchev–Trinajstić information content (AvgIpc) is 3.41. The molecule has 2 bridgehead atoms. The summed E-state index contributed by atoms with van der Waals surface area (Å²) in [6.07, 6.45) is 8.47. The zero-order valence-corrected chi connectivity index (χ0v) is 21.5. The second kappa shape index (κ2) is 12.6. The van der Waals surface area contributed by atoms with Crippen molar-refractivity contribution in [1.29, 1.82) is 0 Å². The predicted octanol–water partition coefficient (Wildman–Crippen LogP) is -0.0223. The maximum absolute atomic E-state index is 3.14. The summed E-state index contributed by atoms with van der Waals surface area (Å²) in [4.78, 5) is 0. The minimum atomic E-state index is 0. The number of fused-ring (bicyclic) bond motifs is 1. The Bertz CT molecular complexity index is 769. The van der Waals surface area contributed by atoms with Gasteiger partial charge in [0.15, 0.2) is 0 Å². The molecule has 0 amide bonds. The number of rotatable bonds is 1. The van der Waals surface area contributed by atoms with Crippen LogP contribution in [0.2, 0.25) is 24.2 Å². The van der Waals surface area contributed by atoms with Crippen LogP contribution in [0.5, 0.6) is 0 Å². The second-order valence-electron chi connectivity index (χ2n) is 6.90. The molecule has 140 valence electrons. The Morgan fingerprint density at radius 1 is 1.00 bits per heavy atom. The Kier molecular flexibility index (Phi) is 11.8. The normalized spacial score (nSPS) is 15.7. The molecule has 0 unspecified atom stereocenters. The van der Waals surface area contributed by atoms with Crippen molar-refractivity contribution >= 4 is 21.6 Å². The van der Waals surface area contributed by atoms with E-state index in [1.54, 1.807) is 24.2 Å². The molecule has 5 heteroatoms. The van der Waals surface area contributed by atoms with Crippen molar-refractivity contribution in [2.75, 3.05) is 0 Å². The third kappa shape index (κ3) is 7.32. The summed E-state index contributed by atoms with van der Waals surface area (Å²) < 4.78 is 0. The molecule has 0 N–H and O–H groups in total. The second-order valence-corrected chi connectivity index (χ2v) is 28.3. The first-order chi connectivity index (χ1) is 11.7. The van der Waals surface area contributed by atoms with Gasteiger partial charge in [-0.1, -0.05) is 25.8 Å². The van der Waals surface area contributed by atoms with Gasteiger partial charge in [0.2, 0.25) is 0 Å². The number of hydrogen-bond donors (Lipinski definition) is 0. The Hall–Kier alpha value is 0.207. The molecule has 0 saturated heterocycles. The molecule has 2 aromatic carbocycles. The monoisotopic (exact) mass is 494 g/mol. The molecule has 3 aliphatic rings. The smallest absolute Gasteiger partial charge is 0.0742 e. The minimum absolute atomic E-state index is 0. The van der Waals surface area contributed by atoms with Gasteiger partial charge in [0.05, 0.1) is 0 Å². The van der Waals surface area contributed by atoms with Crippen LogP contribution in [-0.4, -0.2) is 10.9 Å². The SMILES string of the molecule is C1C[Si]2=[Zr]=[Si]1CC2.CC(C)C1=CC[C-]=C1.[Cl-].[Cl-].c1ccc2[cH-]ccc2c1. The van der Waals surface area contributed by atoms with Gasteiger partial charge in [0.1, 0.15) is 0 Å². The molecule has 0 atom stereocenters. The summed E-state index contributed by atoms with van der Waals surface area (Å²) in [5, 5.41) is 2.66. The first-order valence-electron chi connectivity index (χ1n) is 9.06. The van der Waals surface area contributed by atoms with E-state index < -0.39 is 0 Å². The van der Waals surface area contributed by atoms with Crippen molar-refractivity contribution < 1.29 is 45.3 Å². The van der Waals surface area contributed by atoms with Gasteiger partial charge in [-0.3, -0.25) is 6.08 Å². The standard InChI is InChI=1S/C9H7.C8H11.C4H8Si2.2ClH.Zr/c1-2-5-9-7-3-6-8(9)4-1;1-7(2)8-5-3-4-6-8;1-2-6-4-3-5-1;;;/h1-7H;5-7H,3H2,1-2H3;1-4H2;2*1H;/q2*-1;;;;/p-2. The van der Waals surface area contributed by atoms with Crippen LogP contribution < -0.4 is 24.8 Å². The molecular formula is C21H26Cl2Si2Zr-4. The zero-order chi connectivity index (χ0) is 16.8. The minimum Gasteiger partial charge on any atom is -1.00 e. The van der Waals surface area contributed by atoms with Crippen LogP contribution in [0.3, 0.4) is 0 Å². The quantitative estimate of drug-likeness (QED) is 0.385. The van der Waals surface area contributed by atoms with E-state index in [0.717, 1.165) is 6.42 Å². The Labute approximate surface area is 182 Å². The van der Waals surface area contributed by atoms with E-state index in [0.29, 0.717) is 37.3 Å². The molecule has 0 nitrogen and oxygen atoms in total. The van der Waals surface area contributed by atoms with Crippen LogP contribution in [0.4, 0.5) is 0 Å². The summed E-state index contributed by atoms with van der Waals surface area (Å²) in [5.74, 6) is 0.685. The summed E-state index contributed by atoms with van der Waals surface area (Å²) in [5.41, 5.74) is 2.51. The third-order valence-corrected chi connectivity index (χ3v) is 35.0. The van der Waals surface area contributed by atoms with E-state index in [-0.39, 0.29) is 24.8 Å². The summed E-state index contributed by atoms with van der Waals surface area (Å²) >= 11 is 0.465. The van der Waals surface area contributed by atoms with Gasteiger partial charge in [-0.2, -0.15) is 29.2 Å². The van der Waals surface area contributed by atoms with E-state index >= 15 is 0 Å². The molecule has 0 aromatic heterocycles. The van der Waals surface area contributed by atoms with Gasteiger partial charge in [-0.15, -0.1) is 36.1 Å². The summed E-state index contributed by atoms with van der Waals surface area (Å²) in [6, 6.07) is 21.8. The number of benzene rings is 1. The van der Waals surface area contributed by atoms with Crippen LogP contribution >= 0.6 is 0 Å². The van der Waals surface area contributed by atoms with Gasteiger partial charge in [-0.25, -0.2) is 6.08 Å². The molecule has 1 aliphatic carbocycles. The van der Waals surface area contributed by atoms with Gasteiger partial charge in [0, 0.05) is 0 Å². The molecule has 0 saturated carbocycles. The van der Waals surface area contributed by atoms with Crippen molar-refractivity contribution in [2.24, 2.45) is 5.92 Å².